The fourth-order valence-electron chi connectivity index (χ4n) is 3.79. The van der Waals surface area contributed by atoms with Crippen LogP contribution in [0.2, 0.25) is 0 Å². The van der Waals surface area contributed by atoms with Gasteiger partial charge in [-0.2, -0.15) is 23.4 Å². The van der Waals surface area contributed by atoms with Crippen molar-refractivity contribution in [2.45, 2.75) is 4.90 Å². The summed E-state index contributed by atoms with van der Waals surface area (Å²) < 4.78 is 35.1. The largest absolute Gasteiger partial charge is 0.324 e. The monoisotopic (exact) mass is 536 g/mol. The van der Waals surface area contributed by atoms with Crippen LogP contribution in [0.25, 0.3) is 12.2 Å². The highest BCUT2D eigenvalue weighted by atomic mass is 32.2. The molecule has 10 heteroatoms. The molecule has 5 rings (SSSR count). The molecule has 9 nitrogen and oxygen atoms in total. The van der Waals surface area contributed by atoms with Crippen LogP contribution >= 0.6 is 0 Å². The van der Waals surface area contributed by atoms with Crippen LogP contribution in [-0.2, 0) is 10.1 Å². The van der Waals surface area contributed by atoms with Crippen molar-refractivity contribution < 1.29 is 13.0 Å². The topological polar surface area (TPSA) is 129 Å². The third-order valence-electron chi connectivity index (χ3n) is 5.50. The lowest BCUT2D eigenvalue weighted by Gasteiger charge is -2.14. The quantitative estimate of drug-likeness (QED) is 0.123. The number of nitrogens with zero attached hydrogens (tertiary/aromatic N) is 3. The van der Waals surface area contributed by atoms with Crippen LogP contribution < -0.4 is 16.0 Å². The number of para-hydroxylation sites is 2. The molecule has 0 unspecified atom stereocenters. The zero-order valence-electron chi connectivity index (χ0n) is 20.6. The van der Waals surface area contributed by atoms with Crippen LogP contribution in [0, 0.1) is 0 Å². The van der Waals surface area contributed by atoms with Crippen molar-refractivity contribution in [3.05, 3.63) is 120 Å². The summed E-state index contributed by atoms with van der Waals surface area (Å²) in [5.41, 5.74) is 2.79. The first kappa shape index (κ1) is 25.6. The van der Waals surface area contributed by atoms with Gasteiger partial charge in [-0.15, -0.1) is 0 Å². The first-order valence-electron chi connectivity index (χ1n) is 11.9. The van der Waals surface area contributed by atoms with Crippen molar-refractivity contribution in [1.82, 2.24) is 15.0 Å². The first-order chi connectivity index (χ1) is 18.9. The van der Waals surface area contributed by atoms with Gasteiger partial charge in [-0.1, -0.05) is 91.0 Å². The van der Waals surface area contributed by atoms with Gasteiger partial charge in [0, 0.05) is 11.4 Å². The lowest BCUT2D eigenvalue weighted by Crippen LogP contribution is -2.10. The fraction of sp³-hybridized carbons (Fsp3) is 0. The molecule has 0 saturated heterocycles. The lowest BCUT2D eigenvalue weighted by molar-refractivity contribution is 0.483. The van der Waals surface area contributed by atoms with E-state index in [-0.39, 0.29) is 28.4 Å². The maximum Gasteiger partial charge on any atom is 0.297 e. The highest BCUT2D eigenvalue weighted by molar-refractivity contribution is 7.86. The van der Waals surface area contributed by atoms with Crippen LogP contribution in [0.3, 0.4) is 0 Å². The van der Waals surface area contributed by atoms with Gasteiger partial charge in [0.15, 0.2) is 0 Å². The van der Waals surface area contributed by atoms with Gasteiger partial charge in [-0.25, -0.2) is 0 Å². The summed E-state index contributed by atoms with van der Waals surface area (Å²) in [5.74, 6) is 0.521. The zero-order chi connectivity index (χ0) is 27.1. The van der Waals surface area contributed by atoms with E-state index in [1.165, 1.54) is 6.07 Å². The lowest BCUT2D eigenvalue weighted by atomic mass is 10.1. The van der Waals surface area contributed by atoms with E-state index in [1.54, 1.807) is 24.3 Å². The number of hydrogen-bond donors (Lipinski definition) is 4. The Balaban J connectivity index is 1.53. The second-order valence-electron chi connectivity index (χ2n) is 8.36. The molecule has 194 valence electrons. The summed E-state index contributed by atoms with van der Waals surface area (Å²) in [6.07, 6.45) is 3.39. The smallest absolute Gasteiger partial charge is 0.297 e. The molecular formula is C29H24N6O3S. The van der Waals surface area contributed by atoms with Crippen LogP contribution in [0.15, 0.2) is 114 Å². The molecule has 1 heterocycles. The molecule has 0 spiro atoms. The number of benzene rings is 4. The predicted octanol–water partition coefficient (Wildman–Crippen LogP) is 6.52. The molecule has 0 aliphatic rings. The van der Waals surface area contributed by atoms with E-state index < -0.39 is 10.1 Å². The molecule has 0 radical (unpaired) electrons. The SMILES string of the molecule is O=S(=O)(O)c1c(C=Cc2ccccc2)cccc1Nc1nc(Nc2ccccc2)nc(Nc2ccccc2)n1. The molecule has 0 aliphatic heterocycles. The van der Waals surface area contributed by atoms with E-state index in [0.717, 1.165) is 16.9 Å². The summed E-state index contributed by atoms with van der Waals surface area (Å²) in [6.45, 7) is 0. The van der Waals surface area contributed by atoms with Crippen LogP contribution in [0.1, 0.15) is 11.1 Å². The highest BCUT2D eigenvalue weighted by Gasteiger charge is 2.20. The second-order valence-corrected chi connectivity index (χ2v) is 9.71. The predicted molar refractivity (Wildman–Crippen MR) is 154 cm³/mol. The van der Waals surface area contributed by atoms with Gasteiger partial charge in [-0.3, -0.25) is 4.55 Å². The van der Waals surface area contributed by atoms with Crippen molar-refractivity contribution in [3.63, 3.8) is 0 Å². The van der Waals surface area contributed by atoms with Gasteiger partial charge >= 0.3 is 0 Å². The minimum absolute atomic E-state index is 0.0657. The molecule has 0 fully saturated rings. The highest BCUT2D eigenvalue weighted by Crippen LogP contribution is 2.30. The van der Waals surface area contributed by atoms with Gasteiger partial charge in [0.05, 0.1) is 5.69 Å². The number of rotatable bonds is 9. The summed E-state index contributed by atoms with van der Waals surface area (Å²) >= 11 is 0. The van der Waals surface area contributed by atoms with Crippen molar-refractivity contribution in [2.24, 2.45) is 0 Å². The normalized spacial score (nSPS) is 11.3. The summed E-state index contributed by atoms with van der Waals surface area (Å²) in [7, 11) is -4.62. The van der Waals surface area contributed by atoms with Gasteiger partial charge in [0.1, 0.15) is 4.90 Å². The number of nitrogens with one attached hydrogen (secondary N) is 3. The Labute approximate surface area is 226 Å². The fourth-order valence-corrected chi connectivity index (χ4v) is 4.62. The Morgan fingerprint density at radius 3 is 1.56 bits per heavy atom. The zero-order valence-corrected chi connectivity index (χ0v) is 21.4. The van der Waals surface area contributed by atoms with E-state index in [2.05, 4.69) is 30.9 Å². The maximum atomic E-state index is 12.5. The van der Waals surface area contributed by atoms with Crippen molar-refractivity contribution >= 4 is 57.2 Å². The number of hydrogen-bond acceptors (Lipinski definition) is 8. The molecule has 1 aromatic heterocycles. The van der Waals surface area contributed by atoms with Crippen molar-refractivity contribution in [3.8, 4) is 0 Å². The Morgan fingerprint density at radius 1 is 0.564 bits per heavy atom. The number of anilines is 6. The molecule has 4 N–H and O–H groups in total. The molecule has 0 aliphatic carbocycles. The standard InChI is InChI=1S/C29H24N6O3S/c36-39(37,38)26-22(20-19-21-11-4-1-5-12-21)13-10-18-25(26)32-29-34-27(30-23-14-6-2-7-15-23)33-28(35-29)31-24-16-8-3-9-17-24/h1-20H,(H,36,37,38)(H3,30,31,32,33,34,35). The number of aromatic nitrogens is 3. The van der Waals surface area contributed by atoms with Crippen LogP contribution in [-0.4, -0.2) is 27.9 Å². The average Bonchev–Trinajstić information content (AvgIpc) is 2.93. The molecule has 4 aromatic carbocycles. The molecule has 0 saturated carbocycles. The average molecular weight is 537 g/mol. The molecule has 0 amide bonds. The molecule has 39 heavy (non-hydrogen) atoms. The van der Waals surface area contributed by atoms with Gasteiger partial charge in [-0.05, 0) is 41.5 Å². The van der Waals surface area contributed by atoms with Gasteiger partial charge in [0.25, 0.3) is 10.1 Å². The Bertz CT molecular complexity index is 1640. The van der Waals surface area contributed by atoms with Crippen molar-refractivity contribution in [2.75, 3.05) is 16.0 Å². The Hall–Kier alpha value is -5.06. The van der Waals surface area contributed by atoms with Crippen molar-refractivity contribution in [1.29, 1.82) is 0 Å². The minimum atomic E-state index is -4.62. The van der Waals surface area contributed by atoms with E-state index in [0.29, 0.717) is 5.56 Å². The Morgan fingerprint density at radius 2 is 1.05 bits per heavy atom. The van der Waals surface area contributed by atoms with E-state index in [1.807, 2.05) is 91.0 Å². The molecule has 0 atom stereocenters. The van der Waals surface area contributed by atoms with Crippen LogP contribution in [0.4, 0.5) is 34.9 Å². The summed E-state index contributed by atoms with van der Waals surface area (Å²) in [4.78, 5) is 13.0. The molecule has 5 aromatic rings. The third kappa shape index (κ3) is 6.83. The van der Waals surface area contributed by atoms with Gasteiger partial charge in [0.2, 0.25) is 17.8 Å². The second kappa shape index (κ2) is 11.5. The third-order valence-corrected chi connectivity index (χ3v) is 6.47. The van der Waals surface area contributed by atoms with E-state index in [9.17, 15) is 13.0 Å². The Kier molecular flexibility index (Phi) is 7.58. The summed E-state index contributed by atoms with van der Waals surface area (Å²) in [6, 6.07) is 33.0. The molecule has 0 bridgehead atoms. The molecular weight excluding hydrogens is 512 g/mol. The first-order valence-corrected chi connectivity index (χ1v) is 13.4. The van der Waals surface area contributed by atoms with Crippen LogP contribution in [0.5, 0.6) is 0 Å². The maximum absolute atomic E-state index is 12.5. The summed E-state index contributed by atoms with van der Waals surface area (Å²) in [5, 5.41) is 9.21. The van der Waals surface area contributed by atoms with E-state index >= 15 is 0 Å². The van der Waals surface area contributed by atoms with Gasteiger partial charge < -0.3 is 16.0 Å². The minimum Gasteiger partial charge on any atom is -0.324 e. The van der Waals surface area contributed by atoms with E-state index in [4.69, 9.17) is 0 Å².